The van der Waals surface area contributed by atoms with Crippen molar-refractivity contribution in [2.75, 3.05) is 25.0 Å². The molecule has 4 aromatic rings. The van der Waals surface area contributed by atoms with E-state index in [4.69, 9.17) is 14.2 Å². The third kappa shape index (κ3) is 7.01. The summed E-state index contributed by atoms with van der Waals surface area (Å²) in [6.07, 6.45) is 3.00. The van der Waals surface area contributed by atoms with Crippen molar-refractivity contribution in [2.45, 2.75) is 38.5 Å². The molecular weight excluding hydrogens is 534 g/mol. The summed E-state index contributed by atoms with van der Waals surface area (Å²) in [5.41, 5.74) is 0.827. The molecule has 0 atom stereocenters. The Bertz CT molecular complexity index is 1530. The van der Waals surface area contributed by atoms with Gasteiger partial charge in [-0.1, -0.05) is 52.5 Å². The number of aliphatic hydroxyl groups is 1. The maximum atomic E-state index is 13.5. The normalized spacial score (nSPS) is 11.3. The number of nitrogens with zero attached hydrogens (tertiary/aromatic N) is 4. The highest BCUT2D eigenvalue weighted by atomic mass is 32.2. The minimum absolute atomic E-state index is 0. The summed E-state index contributed by atoms with van der Waals surface area (Å²) in [6.45, 7) is 5.65. The van der Waals surface area contributed by atoms with Crippen LogP contribution >= 0.6 is 0 Å². The van der Waals surface area contributed by atoms with Crippen LogP contribution in [0.1, 0.15) is 33.8 Å². The lowest BCUT2D eigenvalue weighted by molar-refractivity contribution is 0.192. The van der Waals surface area contributed by atoms with Crippen molar-refractivity contribution in [3.8, 4) is 34.8 Å². The van der Waals surface area contributed by atoms with Crippen molar-refractivity contribution in [3.63, 3.8) is 0 Å². The molecule has 2 heterocycles. The number of methoxy groups -OCH3 is 1. The Morgan fingerprint density at radius 1 is 0.900 bits per heavy atom. The Morgan fingerprint density at radius 2 is 1.55 bits per heavy atom. The summed E-state index contributed by atoms with van der Waals surface area (Å²) in [5, 5.41) is 9.40. The first-order chi connectivity index (χ1) is 18.6. The molecule has 2 aromatic heterocycles. The van der Waals surface area contributed by atoms with Crippen LogP contribution in [0.4, 0.5) is 5.82 Å². The van der Waals surface area contributed by atoms with Gasteiger partial charge in [0.1, 0.15) is 6.61 Å². The second-order valence-electron chi connectivity index (χ2n) is 9.31. The van der Waals surface area contributed by atoms with Gasteiger partial charge in [-0.3, -0.25) is 4.72 Å². The Kier molecular flexibility index (Phi) is 9.61. The lowest BCUT2D eigenvalue weighted by atomic mass is 9.87. The van der Waals surface area contributed by atoms with Crippen LogP contribution in [-0.4, -0.2) is 53.8 Å². The van der Waals surface area contributed by atoms with Crippen molar-refractivity contribution < 1.29 is 27.7 Å². The van der Waals surface area contributed by atoms with E-state index in [1.165, 1.54) is 31.6 Å². The molecule has 4 rings (SSSR count). The van der Waals surface area contributed by atoms with Crippen LogP contribution in [0.15, 0.2) is 71.9 Å². The fourth-order valence-electron chi connectivity index (χ4n) is 3.48. The summed E-state index contributed by atoms with van der Waals surface area (Å²) in [4.78, 5) is 17.1. The van der Waals surface area contributed by atoms with E-state index >= 15 is 0 Å². The molecule has 40 heavy (non-hydrogen) atoms. The predicted molar refractivity (Wildman–Crippen MR) is 151 cm³/mol. The molecular formula is C28H33N5O6S. The summed E-state index contributed by atoms with van der Waals surface area (Å²) in [7, 11) is -2.66. The first kappa shape index (κ1) is 30.3. The van der Waals surface area contributed by atoms with E-state index in [0.29, 0.717) is 5.75 Å². The van der Waals surface area contributed by atoms with E-state index < -0.39 is 10.0 Å². The van der Waals surface area contributed by atoms with Gasteiger partial charge in [0.05, 0.1) is 18.6 Å². The maximum Gasteiger partial charge on any atom is 0.263 e. The Hall–Kier alpha value is -4.29. The number of aromatic nitrogens is 4. The minimum Gasteiger partial charge on any atom is -0.493 e. The van der Waals surface area contributed by atoms with Crippen molar-refractivity contribution in [1.29, 1.82) is 0 Å². The van der Waals surface area contributed by atoms with Crippen LogP contribution < -0.4 is 18.9 Å². The van der Waals surface area contributed by atoms with Gasteiger partial charge in [-0.25, -0.2) is 23.4 Å². The monoisotopic (exact) mass is 567 g/mol. The van der Waals surface area contributed by atoms with Gasteiger partial charge in [0.15, 0.2) is 23.1 Å². The molecule has 12 heteroatoms. The van der Waals surface area contributed by atoms with E-state index in [9.17, 15) is 13.5 Å². The summed E-state index contributed by atoms with van der Waals surface area (Å²) in [6, 6.07) is 15.0. The van der Waals surface area contributed by atoms with Crippen LogP contribution in [-0.2, 0) is 15.4 Å². The fraction of sp³-hybridized carbons (Fsp3) is 0.286. The maximum absolute atomic E-state index is 13.5. The van der Waals surface area contributed by atoms with E-state index in [1.807, 2.05) is 20.8 Å². The predicted octanol–water partition coefficient (Wildman–Crippen LogP) is 4.84. The standard InChI is InChI=1S/C27H29N5O6S.CH4/c1-27(2,3)18-10-12-19(13-11-18)39(34,35)32-23-22(38-21-9-6-5-8-20(21)36-4)26(37-17-16-33)31-25(30-23)24-28-14-7-15-29-24;/h5-15,33H,16-17H2,1-4H3,(H,30,31,32);1H4. The molecule has 0 aliphatic rings. The van der Waals surface area contributed by atoms with Crippen LogP contribution in [0.5, 0.6) is 23.1 Å². The number of aliphatic hydroxyl groups excluding tert-OH is 1. The van der Waals surface area contributed by atoms with Crippen LogP contribution in [0, 0.1) is 0 Å². The number of hydrogen-bond acceptors (Lipinski definition) is 10. The zero-order valence-electron chi connectivity index (χ0n) is 22.0. The van der Waals surface area contributed by atoms with Crippen LogP contribution in [0.25, 0.3) is 11.6 Å². The lowest BCUT2D eigenvalue weighted by Crippen LogP contribution is -2.17. The van der Waals surface area contributed by atoms with E-state index in [1.54, 1.807) is 42.5 Å². The highest BCUT2D eigenvalue weighted by Crippen LogP contribution is 2.41. The largest absolute Gasteiger partial charge is 0.493 e. The Labute approximate surface area is 234 Å². The van der Waals surface area contributed by atoms with Crippen molar-refractivity contribution in [2.24, 2.45) is 0 Å². The molecule has 2 N–H and O–H groups in total. The summed E-state index contributed by atoms with van der Waals surface area (Å²) < 4.78 is 46.6. The number of ether oxygens (including phenoxy) is 3. The molecule has 0 unspecified atom stereocenters. The SMILES string of the molecule is C.COc1ccccc1Oc1c(NS(=O)(=O)c2ccc(C(C)(C)C)cc2)nc(-c2ncccn2)nc1OCCO. The number of para-hydroxylation sites is 2. The average molecular weight is 568 g/mol. The smallest absolute Gasteiger partial charge is 0.263 e. The molecule has 0 spiro atoms. The van der Waals surface area contributed by atoms with Gasteiger partial charge in [0.2, 0.25) is 11.6 Å². The third-order valence-electron chi connectivity index (χ3n) is 5.47. The quantitative estimate of drug-likeness (QED) is 0.273. The molecule has 0 fully saturated rings. The summed E-state index contributed by atoms with van der Waals surface area (Å²) in [5.74, 6) is 0.271. The van der Waals surface area contributed by atoms with Gasteiger partial charge in [-0.2, -0.15) is 4.98 Å². The number of rotatable bonds is 10. The number of sulfonamides is 1. The van der Waals surface area contributed by atoms with Crippen LogP contribution in [0.2, 0.25) is 0 Å². The molecule has 212 valence electrons. The molecule has 0 radical (unpaired) electrons. The van der Waals surface area contributed by atoms with Gasteiger partial charge in [0.25, 0.3) is 15.9 Å². The molecule has 0 saturated carbocycles. The first-order valence-electron chi connectivity index (χ1n) is 12.0. The zero-order valence-corrected chi connectivity index (χ0v) is 22.8. The number of hydrogen-bond donors (Lipinski definition) is 2. The zero-order chi connectivity index (χ0) is 28.0. The highest BCUT2D eigenvalue weighted by Gasteiger charge is 2.26. The Morgan fingerprint density at radius 3 is 2.15 bits per heavy atom. The van der Waals surface area contributed by atoms with Crippen LogP contribution in [0.3, 0.4) is 0 Å². The van der Waals surface area contributed by atoms with Gasteiger partial charge in [0, 0.05) is 12.4 Å². The summed E-state index contributed by atoms with van der Waals surface area (Å²) >= 11 is 0. The second kappa shape index (κ2) is 12.7. The second-order valence-corrected chi connectivity index (χ2v) is 11.0. The minimum atomic E-state index is -4.14. The molecule has 0 amide bonds. The van der Waals surface area contributed by atoms with E-state index in [-0.39, 0.29) is 65.8 Å². The molecule has 11 nitrogen and oxygen atoms in total. The number of nitrogens with one attached hydrogen (secondary N) is 1. The van der Waals surface area contributed by atoms with E-state index in [0.717, 1.165) is 5.56 Å². The fourth-order valence-corrected chi connectivity index (χ4v) is 4.48. The van der Waals surface area contributed by atoms with Gasteiger partial charge < -0.3 is 19.3 Å². The van der Waals surface area contributed by atoms with Gasteiger partial charge in [-0.15, -0.1) is 0 Å². The molecule has 0 aliphatic heterocycles. The Balaban J connectivity index is 0.00000441. The molecule has 0 saturated heterocycles. The highest BCUT2D eigenvalue weighted by molar-refractivity contribution is 7.92. The molecule has 2 aromatic carbocycles. The van der Waals surface area contributed by atoms with Gasteiger partial charge in [-0.05, 0) is 41.3 Å². The number of anilines is 1. The van der Waals surface area contributed by atoms with Gasteiger partial charge >= 0.3 is 0 Å². The topological polar surface area (TPSA) is 146 Å². The lowest BCUT2D eigenvalue weighted by Gasteiger charge is -2.20. The first-order valence-corrected chi connectivity index (χ1v) is 13.5. The molecule has 0 bridgehead atoms. The van der Waals surface area contributed by atoms with E-state index in [2.05, 4.69) is 24.7 Å². The van der Waals surface area contributed by atoms with Crippen molar-refractivity contribution in [3.05, 3.63) is 72.6 Å². The third-order valence-corrected chi connectivity index (χ3v) is 6.83. The molecule has 0 aliphatic carbocycles. The van der Waals surface area contributed by atoms with Crippen molar-refractivity contribution in [1.82, 2.24) is 19.9 Å². The average Bonchev–Trinajstić information content (AvgIpc) is 2.93. The number of benzene rings is 2. The van der Waals surface area contributed by atoms with Crippen molar-refractivity contribution >= 4 is 15.8 Å².